The third-order valence-electron chi connectivity index (χ3n) is 7.73. The van der Waals surface area contributed by atoms with Crippen molar-refractivity contribution in [1.82, 2.24) is 20.4 Å². The molecule has 2 aliphatic heterocycles. The Morgan fingerprint density at radius 2 is 1.96 bits per heavy atom. The number of aryl methyl sites for hydroxylation is 1. The molecular weight excluding hydrogens is 580 g/mol. The highest BCUT2D eigenvalue weighted by Crippen LogP contribution is 2.23. The van der Waals surface area contributed by atoms with Crippen LogP contribution < -0.4 is 16.0 Å². The van der Waals surface area contributed by atoms with Gasteiger partial charge in [0.2, 0.25) is 17.8 Å². The molecule has 3 aromatic rings. The Kier molecular flexibility index (Phi) is 9.88. The van der Waals surface area contributed by atoms with Crippen molar-refractivity contribution in [3.63, 3.8) is 0 Å². The number of nitrogens with one attached hydrogen (secondary N) is 3. The van der Waals surface area contributed by atoms with Gasteiger partial charge in [-0.2, -0.15) is 10.2 Å². The third-order valence-corrected chi connectivity index (χ3v) is 7.73. The van der Waals surface area contributed by atoms with Gasteiger partial charge in [-0.05, 0) is 56.0 Å². The molecule has 2 aliphatic rings. The van der Waals surface area contributed by atoms with Crippen molar-refractivity contribution in [2.45, 2.75) is 50.9 Å². The Hall–Kier alpha value is -5.45. The molecule has 1 aromatic heterocycles. The molecule has 2 unspecified atom stereocenters. The summed E-state index contributed by atoms with van der Waals surface area (Å²) in [7, 11) is 0. The van der Waals surface area contributed by atoms with Crippen LogP contribution in [0.25, 0.3) is 11.0 Å². The first-order valence-corrected chi connectivity index (χ1v) is 14.7. The average molecular weight is 615 g/mol. The summed E-state index contributed by atoms with van der Waals surface area (Å²) in [5.41, 5.74) is 2.18. The van der Waals surface area contributed by atoms with Crippen LogP contribution in [0, 0.1) is 23.3 Å². The van der Waals surface area contributed by atoms with Gasteiger partial charge >= 0.3 is 6.09 Å². The zero-order valence-electron chi connectivity index (χ0n) is 24.8. The number of hydrogen-bond acceptors (Lipinski definition) is 9. The summed E-state index contributed by atoms with van der Waals surface area (Å²) < 4.78 is 10.9. The van der Waals surface area contributed by atoms with Gasteiger partial charge in [0.1, 0.15) is 30.0 Å². The van der Waals surface area contributed by atoms with Crippen molar-refractivity contribution in [2.75, 3.05) is 31.5 Å². The molecule has 0 radical (unpaired) electrons. The monoisotopic (exact) mass is 614 g/mol. The van der Waals surface area contributed by atoms with E-state index in [9.17, 15) is 24.6 Å². The van der Waals surface area contributed by atoms with E-state index in [1.165, 1.54) is 9.80 Å². The number of rotatable bonds is 8. The maximum atomic E-state index is 13.5. The van der Waals surface area contributed by atoms with Crippen LogP contribution in [0.15, 0.2) is 69.2 Å². The predicted molar refractivity (Wildman–Crippen MR) is 165 cm³/mol. The lowest BCUT2D eigenvalue weighted by atomic mass is 10.1. The quantitative estimate of drug-likeness (QED) is 0.113. The predicted octanol–water partition coefficient (Wildman–Crippen LogP) is 3.23. The Morgan fingerprint density at radius 3 is 2.73 bits per heavy atom. The van der Waals surface area contributed by atoms with E-state index in [4.69, 9.17) is 9.15 Å². The highest BCUT2D eigenvalue weighted by atomic mass is 16.5. The smallest absolute Gasteiger partial charge is 0.407 e. The summed E-state index contributed by atoms with van der Waals surface area (Å²) in [5, 5.41) is 21.5. The summed E-state index contributed by atoms with van der Waals surface area (Å²) in [6.45, 7) is 2.12. The zero-order chi connectivity index (χ0) is 31.8. The highest BCUT2D eigenvalue weighted by molar-refractivity contribution is 5.98. The Bertz CT molecular complexity index is 1620. The van der Waals surface area contributed by atoms with E-state index in [1.54, 1.807) is 12.1 Å². The van der Waals surface area contributed by atoms with Gasteiger partial charge < -0.3 is 29.6 Å². The molecule has 2 aromatic carbocycles. The summed E-state index contributed by atoms with van der Waals surface area (Å²) in [6, 6.07) is 14.1. The van der Waals surface area contributed by atoms with Crippen LogP contribution in [-0.4, -0.2) is 78.0 Å². The second-order valence-corrected chi connectivity index (χ2v) is 11.0. The molecule has 45 heavy (non-hydrogen) atoms. The number of amides is 3. The number of likely N-dealkylation sites (tertiary alicyclic amines) is 2. The first-order chi connectivity index (χ1) is 21.8. The third kappa shape index (κ3) is 7.94. The summed E-state index contributed by atoms with van der Waals surface area (Å²) in [6.07, 6.45) is 2.95. The summed E-state index contributed by atoms with van der Waals surface area (Å²) in [4.78, 5) is 58.1. The van der Waals surface area contributed by atoms with Crippen LogP contribution in [0.4, 0.5) is 10.5 Å². The van der Waals surface area contributed by atoms with Crippen molar-refractivity contribution in [3.05, 3.63) is 70.8 Å². The largest absolute Gasteiger partial charge is 0.461 e. The topological polar surface area (TPSA) is 182 Å². The van der Waals surface area contributed by atoms with Crippen LogP contribution in [0.1, 0.15) is 30.6 Å². The molecule has 0 bridgehead atoms. The zero-order valence-corrected chi connectivity index (χ0v) is 24.8. The van der Waals surface area contributed by atoms with E-state index in [0.29, 0.717) is 31.5 Å². The van der Waals surface area contributed by atoms with Crippen molar-refractivity contribution >= 4 is 40.5 Å². The molecule has 3 heterocycles. The fourth-order valence-electron chi connectivity index (χ4n) is 5.48. The van der Waals surface area contributed by atoms with E-state index in [1.807, 2.05) is 55.6 Å². The number of fused-ring (bicyclic) bond motifs is 1. The molecule has 14 heteroatoms. The fourth-order valence-corrected chi connectivity index (χ4v) is 5.48. The lowest BCUT2D eigenvalue weighted by molar-refractivity contribution is -0.140. The van der Waals surface area contributed by atoms with Crippen LogP contribution in [-0.2, 0) is 20.9 Å². The van der Waals surface area contributed by atoms with Crippen LogP contribution in [0.3, 0.4) is 0 Å². The number of nitrogens with zero attached hydrogens (tertiary/aromatic N) is 5. The standard InChI is InChI=1S/C31H34N8O6/c1-20-13-22-14-23(10-11-27(22)45-20)34-30(33-19-32)35-24-9-5-6-12-38(29(24)41)17-28(40)39-15-25(26(16-39)37-43)36-31(42)44-18-21-7-3-2-4-8-21/h2-4,7-8,10-11,13-14,24-26H,5-6,9,12,15-18H2,1H3,(H,36,42)(H2,33,34,35)/t24-,25?,26?/m0/s1. The Labute approximate surface area is 259 Å². The number of nitriles is 1. The minimum absolute atomic E-state index is 0.0102. The molecular formula is C31H34N8O6. The maximum absolute atomic E-state index is 13.5. The molecule has 3 atom stereocenters. The van der Waals surface area contributed by atoms with Crippen LogP contribution >= 0.6 is 0 Å². The van der Waals surface area contributed by atoms with Gasteiger partial charge in [0.25, 0.3) is 0 Å². The van der Waals surface area contributed by atoms with E-state index in [0.717, 1.165) is 22.3 Å². The number of anilines is 1. The molecule has 0 spiro atoms. The van der Waals surface area contributed by atoms with Gasteiger partial charge in [-0.25, -0.2) is 9.79 Å². The van der Waals surface area contributed by atoms with Crippen molar-refractivity contribution in [2.24, 2.45) is 10.2 Å². The number of carbonyl (C=O) groups is 3. The summed E-state index contributed by atoms with van der Waals surface area (Å²) >= 11 is 0. The van der Waals surface area contributed by atoms with E-state index in [-0.39, 0.29) is 44.0 Å². The SMILES string of the molecule is Cc1cc2cc(NC(=N[C@H]3CCCCN(CC(=O)N4CC(N=O)C(NC(=O)OCc5ccccc5)C4)C3=O)NC#N)ccc2o1. The van der Waals surface area contributed by atoms with Gasteiger partial charge in [0, 0.05) is 30.7 Å². The highest BCUT2D eigenvalue weighted by Gasteiger charge is 2.39. The molecule has 2 saturated heterocycles. The number of alkyl carbamates (subject to hydrolysis) is 1. The van der Waals surface area contributed by atoms with E-state index < -0.39 is 24.2 Å². The van der Waals surface area contributed by atoms with Gasteiger partial charge in [0.05, 0.1) is 12.6 Å². The van der Waals surface area contributed by atoms with Gasteiger partial charge in [-0.15, -0.1) is 0 Å². The molecule has 0 saturated carbocycles. The number of aliphatic imine (C=N–C) groups is 1. The number of ether oxygens (including phenoxy) is 1. The molecule has 5 rings (SSSR count). The van der Waals surface area contributed by atoms with Gasteiger partial charge in [-0.3, -0.25) is 14.9 Å². The molecule has 234 valence electrons. The lowest BCUT2D eigenvalue weighted by Gasteiger charge is -2.25. The van der Waals surface area contributed by atoms with Gasteiger partial charge in [-0.1, -0.05) is 35.5 Å². The molecule has 3 amide bonds. The molecule has 3 N–H and O–H groups in total. The Morgan fingerprint density at radius 1 is 1.13 bits per heavy atom. The first-order valence-electron chi connectivity index (χ1n) is 14.7. The second-order valence-electron chi connectivity index (χ2n) is 11.0. The average Bonchev–Trinajstić information content (AvgIpc) is 3.57. The van der Waals surface area contributed by atoms with Crippen molar-refractivity contribution in [3.8, 4) is 6.19 Å². The number of hydrogen-bond donors (Lipinski definition) is 3. The minimum atomic E-state index is -0.855. The van der Waals surface area contributed by atoms with Crippen molar-refractivity contribution in [1.29, 1.82) is 5.26 Å². The minimum Gasteiger partial charge on any atom is -0.461 e. The maximum Gasteiger partial charge on any atom is 0.407 e. The number of guanidine groups is 1. The van der Waals surface area contributed by atoms with E-state index in [2.05, 4.69) is 26.1 Å². The normalized spacial score (nSPS) is 20.3. The number of carbonyl (C=O) groups excluding carboxylic acids is 3. The number of benzene rings is 2. The van der Waals surface area contributed by atoms with Crippen LogP contribution in [0.2, 0.25) is 0 Å². The van der Waals surface area contributed by atoms with Gasteiger partial charge in [0.15, 0.2) is 6.19 Å². The van der Waals surface area contributed by atoms with E-state index >= 15 is 0 Å². The fraction of sp³-hybridized carbons (Fsp3) is 0.387. The number of furan rings is 1. The van der Waals surface area contributed by atoms with Crippen LogP contribution in [0.5, 0.6) is 0 Å². The second kappa shape index (κ2) is 14.3. The lowest BCUT2D eigenvalue weighted by Crippen LogP contribution is -2.46. The molecule has 2 fully saturated rings. The van der Waals surface area contributed by atoms with Crippen molar-refractivity contribution < 1.29 is 23.5 Å². The summed E-state index contributed by atoms with van der Waals surface area (Å²) in [5.74, 6) is 0.158. The first kappa shape index (κ1) is 31.0. The molecule has 14 nitrogen and oxygen atoms in total. The molecule has 0 aliphatic carbocycles. The number of nitroso groups, excluding NO2 is 1. The Balaban J connectivity index is 1.20.